The number of hydrogen-bond acceptors (Lipinski definition) is 8. The Hall–Kier alpha value is -3.22. The maximum Gasteiger partial charge on any atom is 0.432 e. The first kappa shape index (κ1) is 21.1. The molecule has 1 heterocycles. The number of sulfone groups is 1. The van der Waals surface area contributed by atoms with Crippen LogP contribution < -0.4 is 5.32 Å². The van der Waals surface area contributed by atoms with Crippen LogP contribution in [0.4, 0.5) is 13.2 Å². The van der Waals surface area contributed by atoms with Gasteiger partial charge in [0.15, 0.2) is 9.84 Å². The number of nitrogens with zero attached hydrogens (tertiary/aromatic N) is 2. The molecule has 0 saturated heterocycles. The van der Waals surface area contributed by atoms with Crippen molar-refractivity contribution in [3.8, 4) is 11.4 Å². The standard InChI is InChI=1S/C15H13F3N4O5S/c1-28(25,26)9-4-2-3-8(5-9)13-21-14(27-22-13)10(20-7-12(23)24)6-11(19)15(16,17)18/h2-6,19-20H,7H2,1H3,(H,23,24)/b10-6-,19-11?. The van der Waals surface area contributed by atoms with Crippen molar-refractivity contribution in [3.63, 3.8) is 0 Å². The van der Waals surface area contributed by atoms with Crippen LogP contribution >= 0.6 is 0 Å². The van der Waals surface area contributed by atoms with Crippen LogP contribution in [0.2, 0.25) is 0 Å². The van der Waals surface area contributed by atoms with Crippen LogP contribution in [0.1, 0.15) is 5.89 Å². The molecule has 9 nitrogen and oxygen atoms in total. The first-order chi connectivity index (χ1) is 12.9. The summed E-state index contributed by atoms with van der Waals surface area (Å²) in [5.74, 6) is -2.01. The van der Waals surface area contributed by atoms with Crippen molar-refractivity contribution in [2.75, 3.05) is 12.8 Å². The van der Waals surface area contributed by atoms with Crippen molar-refractivity contribution in [1.29, 1.82) is 5.41 Å². The predicted octanol–water partition coefficient (Wildman–Crippen LogP) is 1.74. The van der Waals surface area contributed by atoms with Gasteiger partial charge in [-0.2, -0.15) is 18.2 Å². The number of allylic oxidation sites excluding steroid dienone is 1. The van der Waals surface area contributed by atoms with Gasteiger partial charge in [0, 0.05) is 11.8 Å². The molecule has 0 aliphatic carbocycles. The van der Waals surface area contributed by atoms with Crippen molar-refractivity contribution >= 4 is 27.2 Å². The highest BCUT2D eigenvalue weighted by atomic mass is 32.2. The van der Waals surface area contributed by atoms with Crippen molar-refractivity contribution < 1.29 is 36.0 Å². The van der Waals surface area contributed by atoms with Gasteiger partial charge in [-0.15, -0.1) is 0 Å². The number of aromatic nitrogens is 2. The SMILES string of the molecule is CS(=O)(=O)c1cccc(-c2noc(/C(=C/C(=N)C(F)(F)F)NCC(=O)O)n2)c1. The molecule has 0 fully saturated rings. The molecule has 0 aliphatic heterocycles. The average molecular weight is 418 g/mol. The normalized spacial score (nSPS) is 12.6. The molecule has 0 atom stereocenters. The molecule has 0 aliphatic rings. The van der Waals surface area contributed by atoms with Gasteiger partial charge in [0.2, 0.25) is 5.82 Å². The van der Waals surface area contributed by atoms with Gasteiger partial charge in [-0.25, -0.2) is 8.42 Å². The Morgan fingerprint density at radius 1 is 1.39 bits per heavy atom. The number of aliphatic carboxylic acids is 1. The van der Waals surface area contributed by atoms with Gasteiger partial charge in [0.25, 0.3) is 5.89 Å². The van der Waals surface area contributed by atoms with Gasteiger partial charge in [0.05, 0.1) is 4.90 Å². The Bertz CT molecular complexity index is 1040. The highest BCUT2D eigenvalue weighted by Gasteiger charge is 2.33. The molecule has 0 bridgehead atoms. The topological polar surface area (TPSA) is 146 Å². The zero-order valence-electron chi connectivity index (χ0n) is 14.1. The van der Waals surface area contributed by atoms with Gasteiger partial charge in [-0.3, -0.25) is 10.2 Å². The number of alkyl halides is 3. The second-order valence-corrected chi connectivity index (χ2v) is 7.46. The van der Waals surface area contributed by atoms with Crippen LogP contribution in [0, 0.1) is 5.41 Å². The van der Waals surface area contributed by atoms with Crippen LogP contribution in [0.25, 0.3) is 17.1 Å². The first-order valence-corrected chi connectivity index (χ1v) is 9.25. The van der Waals surface area contributed by atoms with Gasteiger partial charge < -0.3 is 14.9 Å². The van der Waals surface area contributed by atoms with E-state index in [0.717, 1.165) is 6.26 Å². The third-order valence-electron chi connectivity index (χ3n) is 3.20. The maximum absolute atomic E-state index is 12.6. The molecular weight excluding hydrogens is 405 g/mol. The van der Waals surface area contributed by atoms with Gasteiger partial charge >= 0.3 is 12.1 Å². The lowest BCUT2D eigenvalue weighted by molar-refractivity contribution is -0.135. The van der Waals surface area contributed by atoms with E-state index in [0.29, 0.717) is 6.08 Å². The molecule has 0 unspecified atom stereocenters. The molecule has 0 spiro atoms. The van der Waals surface area contributed by atoms with E-state index in [1.165, 1.54) is 24.3 Å². The number of rotatable bonds is 7. The van der Waals surface area contributed by atoms with Crippen LogP contribution in [-0.2, 0) is 14.6 Å². The molecule has 1 aromatic heterocycles. The van der Waals surface area contributed by atoms with E-state index in [-0.39, 0.29) is 16.3 Å². The summed E-state index contributed by atoms with van der Waals surface area (Å²) >= 11 is 0. The Morgan fingerprint density at radius 3 is 2.64 bits per heavy atom. The Balaban J connectivity index is 2.43. The van der Waals surface area contributed by atoms with Crippen molar-refractivity contribution in [2.24, 2.45) is 0 Å². The van der Waals surface area contributed by atoms with Crippen molar-refractivity contribution in [2.45, 2.75) is 11.1 Å². The molecule has 2 aromatic rings. The zero-order valence-corrected chi connectivity index (χ0v) is 14.9. The molecule has 3 N–H and O–H groups in total. The predicted molar refractivity (Wildman–Crippen MR) is 90.2 cm³/mol. The summed E-state index contributed by atoms with van der Waals surface area (Å²) in [7, 11) is -3.52. The van der Waals surface area contributed by atoms with E-state index in [4.69, 9.17) is 15.0 Å². The molecular formula is C15H13F3N4O5S. The summed E-state index contributed by atoms with van der Waals surface area (Å²) in [5.41, 5.74) is -2.08. The van der Waals surface area contributed by atoms with Crippen LogP contribution in [-0.4, -0.2) is 54.3 Å². The van der Waals surface area contributed by atoms with Crippen LogP contribution in [0.15, 0.2) is 39.8 Å². The highest BCUT2D eigenvalue weighted by Crippen LogP contribution is 2.23. The summed E-state index contributed by atoms with van der Waals surface area (Å²) < 4.78 is 65.9. The number of hydrogen-bond donors (Lipinski definition) is 3. The van der Waals surface area contributed by atoms with E-state index in [2.05, 4.69) is 15.5 Å². The fraction of sp³-hybridized carbons (Fsp3) is 0.200. The summed E-state index contributed by atoms with van der Waals surface area (Å²) in [6, 6.07) is 5.45. The smallest absolute Gasteiger partial charge is 0.432 e. The zero-order chi connectivity index (χ0) is 21.1. The van der Waals surface area contributed by atoms with Gasteiger partial charge in [0.1, 0.15) is 18.0 Å². The van der Waals surface area contributed by atoms with Crippen LogP contribution in [0.5, 0.6) is 0 Å². The summed E-state index contributed by atoms with van der Waals surface area (Å²) in [6.45, 7) is -0.766. The quantitative estimate of drug-likeness (QED) is 0.576. The number of nitrogens with one attached hydrogen (secondary N) is 2. The number of carbonyl (C=O) groups is 1. The molecule has 0 saturated carbocycles. The second kappa shape index (κ2) is 7.80. The fourth-order valence-electron chi connectivity index (χ4n) is 1.90. The number of carboxylic acids is 1. The van der Waals surface area contributed by atoms with Gasteiger partial charge in [-0.05, 0) is 18.2 Å². The monoisotopic (exact) mass is 418 g/mol. The van der Waals surface area contributed by atoms with E-state index >= 15 is 0 Å². The lowest BCUT2D eigenvalue weighted by Gasteiger charge is -2.07. The molecule has 2 rings (SSSR count). The minimum Gasteiger partial charge on any atom is -0.480 e. The van der Waals surface area contributed by atoms with E-state index in [9.17, 15) is 26.4 Å². The molecule has 0 radical (unpaired) electrons. The lowest BCUT2D eigenvalue weighted by Crippen LogP contribution is -2.25. The number of benzene rings is 1. The minimum absolute atomic E-state index is 0.0324. The molecule has 1 aromatic carbocycles. The average Bonchev–Trinajstić information content (AvgIpc) is 3.06. The largest absolute Gasteiger partial charge is 0.480 e. The Morgan fingerprint density at radius 2 is 2.07 bits per heavy atom. The van der Waals surface area contributed by atoms with Crippen molar-refractivity contribution in [1.82, 2.24) is 15.5 Å². The van der Waals surface area contributed by atoms with Gasteiger partial charge in [-0.1, -0.05) is 17.3 Å². The summed E-state index contributed by atoms with van der Waals surface area (Å²) in [6.07, 6.45) is -3.66. The molecule has 13 heteroatoms. The third-order valence-corrected chi connectivity index (χ3v) is 4.31. The third kappa shape index (κ3) is 5.39. The van der Waals surface area contributed by atoms with Crippen LogP contribution in [0.3, 0.4) is 0 Å². The summed E-state index contributed by atoms with van der Waals surface area (Å²) in [5, 5.41) is 21.5. The maximum atomic E-state index is 12.6. The summed E-state index contributed by atoms with van der Waals surface area (Å²) in [4.78, 5) is 14.5. The Kier molecular flexibility index (Phi) is 5.87. The molecule has 0 amide bonds. The lowest BCUT2D eigenvalue weighted by atomic mass is 10.2. The van der Waals surface area contributed by atoms with E-state index in [1.807, 2.05) is 0 Å². The second-order valence-electron chi connectivity index (χ2n) is 5.44. The molecule has 150 valence electrons. The van der Waals surface area contributed by atoms with E-state index < -0.39 is 45.8 Å². The molecule has 28 heavy (non-hydrogen) atoms. The minimum atomic E-state index is -4.97. The van der Waals surface area contributed by atoms with E-state index in [1.54, 1.807) is 0 Å². The number of carboxylic acid groups (broad SMARTS) is 1. The number of halogens is 3. The van der Waals surface area contributed by atoms with Crippen molar-refractivity contribution in [3.05, 3.63) is 36.2 Å². The fourth-order valence-corrected chi connectivity index (χ4v) is 2.57. The highest BCUT2D eigenvalue weighted by molar-refractivity contribution is 7.90. The Labute approximate surface area is 156 Å². The first-order valence-electron chi connectivity index (χ1n) is 7.35.